The van der Waals surface area contributed by atoms with Crippen LogP contribution in [0, 0.1) is 6.92 Å². The van der Waals surface area contributed by atoms with Crippen LogP contribution in [0.1, 0.15) is 49.7 Å². The molecule has 4 rings (SSSR count). The quantitative estimate of drug-likeness (QED) is 0.600. The zero-order valence-electron chi connectivity index (χ0n) is 16.7. The number of aryl methyl sites for hydroxylation is 3. The highest BCUT2D eigenvalue weighted by atomic mass is 32.1. The summed E-state index contributed by atoms with van der Waals surface area (Å²) in [6, 6.07) is 1.64. The summed E-state index contributed by atoms with van der Waals surface area (Å²) in [5.41, 5.74) is 8.46. The molecule has 2 amide bonds. The molecule has 0 spiro atoms. The molecule has 0 bridgehead atoms. The lowest BCUT2D eigenvalue weighted by atomic mass is 9.95. The van der Waals surface area contributed by atoms with E-state index in [-0.39, 0.29) is 5.56 Å². The number of rotatable bonds is 5. The van der Waals surface area contributed by atoms with E-state index in [9.17, 15) is 14.4 Å². The van der Waals surface area contributed by atoms with Crippen LogP contribution in [0.5, 0.6) is 0 Å². The summed E-state index contributed by atoms with van der Waals surface area (Å²) in [5, 5.41) is 8.10. The average Bonchev–Trinajstić information content (AvgIpc) is 3.22. The number of carbonyl (C=O) groups excluding carboxylic acids is 3. The van der Waals surface area contributed by atoms with E-state index in [2.05, 4.69) is 15.4 Å². The first kappa shape index (κ1) is 20.0. The number of aromatic nitrogens is 3. The van der Waals surface area contributed by atoms with Crippen molar-refractivity contribution in [3.63, 3.8) is 0 Å². The SMILES string of the molecule is Cc1nn(C)c2ncc(C(=O)OCC(=O)Nc3sc4c(c3C(N)=O)CCCC4)cc12. The van der Waals surface area contributed by atoms with Crippen molar-refractivity contribution in [1.82, 2.24) is 14.8 Å². The van der Waals surface area contributed by atoms with Crippen molar-refractivity contribution in [2.45, 2.75) is 32.6 Å². The van der Waals surface area contributed by atoms with E-state index >= 15 is 0 Å². The van der Waals surface area contributed by atoms with Crippen LogP contribution >= 0.6 is 11.3 Å². The molecule has 0 fully saturated rings. The highest BCUT2D eigenvalue weighted by molar-refractivity contribution is 7.17. The van der Waals surface area contributed by atoms with E-state index in [1.165, 1.54) is 17.5 Å². The summed E-state index contributed by atoms with van der Waals surface area (Å²) < 4.78 is 6.76. The largest absolute Gasteiger partial charge is 0.452 e. The van der Waals surface area contributed by atoms with Crippen molar-refractivity contribution in [3.05, 3.63) is 39.5 Å². The van der Waals surface area contributed by atoms with E-state index in [1.54, 1.807) is 17.8 Å². The average molecular weight is 427 g/mol. The van der Waals surface area contributed by atoms with Crippen molar-refractivity contribution in [3.8, 4) is 0 Å². The number of hydrogen-bond acceptors (Lipinski definition) is 7. The molecule has 0 aliphatic heterocycles. The van der Waals surface area contributed by atoms with Crippen LogP contribution in [0.3, 0.4) is 0 Å². The van der Waals surface area contributed by atoms with Gasteiger partial charge in [0.1, 0.15) is 5.00 Å². The van der Waals surface area contributed by atoms with Gasteiger partial charge >= 0.3 is 5.97 Å². The minimum Gasteiger partial charge on any atom is -0.452 e. The summed E-state index contributed by atoms with van der Waals surface area (Å²) >= 11 is 1.36. The summed E-state index contributed by atoms with van der Waals surface area (Å²) in [6.07, 6.45) is 5.07. The Labute approximate surface area is 176 Å². The van der Waals surface area contributed by atoms with E-state index in [0.29, 0.717) is 16.2 Å². The molecule has 0 unspecified atom stereocenters. The summed E-state index contributed by atoms with van der Waals surface area (Å²) in [4.78, 5) is 41.9. The number of ether oxygens (including phenoxy) is 1. The van der Waals surface area contributed by atoms with Crippen LogP contribution in [0.15, 0.2) is 12.3 Å². The van der Waals surface area contributed by atoms with E-state index < -0.39 is 24.4 Å². The number of hydrogen-bond donors (Lipinski definition) is 2. The maximum absolute atomic E-state index is 12.4. The normalized spacial score (nSPS) is 13.1. The predicted molar refractivity (Wildman–Crippen MR) is 112 cm³/mol. The monoisotopic (exact) mass is 427 g/mol. The fraction of sp³-hybridized carbons (Fsp3) is 0.350. The maximum atomic E-state index is 12.4. The van der Waals surface area contributed by atoms with E-state index in [4.69, 9.17) is 10.5 Å². The smallest absolute Gasteiger partial charge is 0.340 e. The second kappa shape index (κ2) is 7.86. The third kappa shape index (κ3) is 3.65. The van der Waals surface area contributed by atoms with Gasteiger partial charge in [0, 0.05) is 23.5 Å². The highest BCUT2D eigenvalue weighted by Crippen LogP contribution is 2.37. The third-order valence-corrected chi connectivity index (χ3v) is 6.31. The lowest BCUT2D eigenvalue weighted by Crippen LogP contribution is -2.23. The van der Waals surface area contributed by atoms with Gasteiger partial charge in [-0.15, -0.1) is 11.3 Å². The number of anilines is 1. The number of fused-ring (bicyclic) bond motifs is 2. The number of primary amides is 1. The first-order chi connectivity index (χ1) is 14.3. The van der Waals surface area contributed by atoms with Crippen LogP contribution in [0.25, 0.3) is 11.0 Å². The zero-order valence-corrected chi connectivity index (χ0v) is 17.5. The van der Waals surface area contributed by atoms with Gasteiger partial charge in [0.25, 0.3) is 11.8 Å². The Hall–Kier alpha value is -3.27. The van der Waals surface area contributed by atoms with Gasteiger partial charge in [0.15, 0.2) is 12.3 Å². The molecule has 0 saturated heterocycles. The Kier molecular flexibility index (Phi) is 5.25. The number of nitrogens with two attached hydrogens (primary N) is 1. The Balaban J connectivity index is 1.44. The van der Waals surface area contributed by atoms with Crippen molar-refractivity contribution in [1.29, 1.82) is 0 Å². The minimum atomic E-state index is -0.664. The molecule has 3 N–H and O–H groups in total. The summed E-state index contributed by atoms with van der Waals surface area (Å²) in [5.74, 6) is -1.76. The zero-order chi connectivity index (χ0) is 21.4. The van der Waals surface area contributed by atoms with Gasteiger partial charge < -0.3 is 15.8 Å². The molecule has 0 aromatic carbocycles. The molecule has 1 aliphatic carbocycles. The molecular weight excluding hydrogens is 406 g/mol. The minimum absolute atomic E-state index is 0.232. The number of carbonyl (C=O) groups is 3. The van der Waals surface area contributed by atoms with Gasteiger partial charge in [-0.1, -0.05) is 0 Å². The molecule has 0 saturated carbocycles. The van der Waals surface area contributed by atoms with E-state index in [1.807, 2.05) is 6.92 Å². The molecular formula is C20H21N5O4S. The Morgan fingerprint density at radius 1 is 1.30 bits per heavy atom. The van der Waals surface area contributed by atoms with E-state index in [0.717, 1.165) is 47.2 Å². The topological polar surface area (TPSA) is 129 Å². The third-order valence-electron chi connectivity index (χ3n) is 5.10. The van der Waals surface area contributed by atoms with Gasteiger partial charge in [0.2, 0.25) is 0 Å². The number of thiophene rings is 1. The second-order valence-electron chi connectivity index (χ2n) is 7.21. The van der Waals surface area contributed by atoms with Gasteiger partial charge in [-0.2, -0.15) is 5.10 Å². The Bertz CT molecular complexity index is 1180. The molecule has 10 heteroatoms. The molecule has 3 aromatic rings. The van der Waals surface area contributed by atoms with Gasteiger partial charge in [-0.3, -0.25) is 14.3 Å². The number of esters is 1. The Morgan fingerprint density at radius 3 is 2.83 bits per heavy atom. The first-order valence-electron chi connectivity index (χ1n) is 9.56. The van der Waals surface area contributed by atoms with Crippen LogP contribution in [-0.2, 0) is 29.4 Å². The number of nitrogens with zero attached hydrogens (tertiary/aromatic N) is 3. The molecule has 1 aliphatic rings. The molecule has 0 radical (unpaired) electrons. The van der Waals surface area contributed by atoms with Crippen molar-refractivity contribution >= 4 is 45.2 Å². The lowest BCUT2D eigenvalue weighted by molar-refractivity contribution is -0.119. The number of nitrogens with one attached hydrogen (secondary N) is 1. The van der Waals surface area contributed by atoms with Crippen LogP contribution < -0.4 is 11.1 Å². The van der Waals surface area contributed by atoms with Crippen LogP contribution in [0.4, 0.5) is 5.00 Å². The fourth-order valence-corrected chi connectivity index (χ4v) is 5.02. The van der Waals surface area contributed by atoms with Crippen LogP contribution in [0.2, 0.25) is 0 Å². The Morgan fingerprint density at radius 2 is 2.07 bits per heavy atom. The fourth-order valence-electron chi connectivity index (χ4n) is 3.71. The standard InChI is InChI=1S/C20H21N5O4S/c1-10-13-7-11(8-22-18(13)25(2)24-10)20(28)29-9-15(26)23-19-16(17(21)27)12-5-3-4-6-14(12)30-19/h7-8H,3-6,9H2,1-2H3,(H2,21,27)(H,23,26). The molecule has 156 valence electrons. The van der Waals surface area contributed by atoms with Gasteiger partial charge in [-0.05, 0) is 44.2 Å². The van der Waals surface area contributed by atoms with Crippen molar-refractivity contribution < 1.29 is 19.1 Å². The summed E-state index contributed by atoms with van der Waals surface area (Å²) in [6.45, 7) is 1.34. The molecule has 0 atom stereocenters. The second-order valence-corrected chi connectivity index (χ2v) is 8.31. The maximum Gasteiger partial charge on any atom is 0.340 e. The lowest BCUT2D eigenvalue weighted by Gasteiger charge is -2.11. The molecule has 30 heavy (non-hydrogen) atoms. The molecule has 3 aromatic heterocycles. The first-order valence-corrected chi connectivity index (χ1v) is 10.4. The van der Waals surface area contributed by atoms with Crippen molar-refractivity contribution in [2.75, 3.05) is 11.9 Å². The van der Waals surface area contributed by atoms with Gasteiger partial charge in [-0.25, -0.2) is 9.78 Å². The summed E-state index contributed by atoms with van der Waals surface area (Å²) in [7, 11) is 1.77. The van der Waals surface area contributed by atoms with Crippen molar-refractivity contribution in [2.24, 2.45) is 12.8 Å². The van der Waals surface area contributed by atoms with Crippen LogP contribution in [-0.4, -0.2) is 39.2 Å². The van der Waals surface area contributed by atoms with Gasteiger partial charge in [0.05, 0.1) is 16.8 Å². The number of amides is 2. The number of pyridine rings is 1. The predicted octanol–water partition coefficient (Wildman–Crippen LogP) is 2.11. The molecule has 3 heterocycles. The highest BCUT2D eigenvalue weighted by Gasteiger charge is 2.25. The molecule has 9 nitrogen and oxygen atoms in total.